The Labute approximate surface area is 120 Å². The molecule has 0 atom stereocenters. The van der Waals surface area contributed by atoms with Crippen LogP contribution in [0.1, 0.15) is 15.9 Å². The average Bonchev–Trinajstić information content (AvgIpc) is 3.14. The highest BCUT2D eigenvalue weighted by atomic mass is 16.5. The van der Waals surface area contributed by atoms with Crippen LogP contribution in [0.15, 0.2) is 36.4 Å². The minimum absolute atomic E-state index is 0.146. The number of nitrogens with zero attached hydrogens (tertiary/aromatic N) is 2. The Morgan fingerprint density at radius 3 is 3.00 bits per heavy atom. The maximum absolute atomic E-state index is 12.3. The third kappa shape index (κ3) is 2.10. The Hall–Kier alpha value is -2.89. The van der Waals surface area contributed by atoms with Gasteiger partial charge in [0.15, 0.2) is 0 Å². The van der Waals surface area contributed by atoms with E-state index in [9.17, 15) is 4.79 Å². The Kier molecular flexibility index (Phi) is 2.60. The number of ether oxygens (including phenoxy) is 1. The maximum Gasteiger partial charge on any atom is 0.255 e. The van der Waals surface area contributed by atoms with Crippen molar-refractivity contribution >= 4 is 22.6 Å². The number of rotatable bonds is 2. The Morgan fingerprint density at radius 2 is 2.05 bits per heavy atom. The number of nitrogens with one attached hydrogen (secondary N) is 2. The molecule has 1 aliphatic heterocycles. The van der Waals surface area contributed by atoms with Crippen molar-refractivity contribution < 1.29 is 9.53 Å². The molecule has 3 aromatic rings. The molecule has 0 aliphatic carbocycles. The van der Waals surface area contributed by atoms with Crippen molar-refractivity contribution in [3.05, 3.63) is 47.5 Å². The lowest BCUT2D eigenvalue weighted by molar-refractivity contribution is 0.102. The summed E-state index contributed by atoms with van der Waals surface area (Å²) in [5.41, 5.74) is 3.88. The molecule has 6 nitrogen and oxygen atoms in total. The van der Waals surface area contributed by atoms with Crippen molar-refractivity contribution in [2.24, 2.45) is 0 Å². The molecule has 2 N–H and O–H groups in total. The van der Waals surface area contributed by atoms with Crippen LogP contribution in [0.3, 0.4) is 0 Å². The van der Waals surface area contributed by atoms with Crippen LogP contribution in [0, 0.1) is 0 Å². The monoisotopic (exact) mass is 280 g/mol. The maximum atomic E-state index is 12.3. The summed E-state index contributed by atoms with van der Waals surface area (Å²) in [7, 11) is 0. The molecular weight excluding hydrogens is 268 g/mol. The molecule has 21 heavy (non-hydrogen) atoms. The predicted molar refractivity (Wildman–Crippen MR) is 77.5 cm³/mol. The average molecular weight is 280 g/mol. The summed E-state index contributed by atoms with van der Waals surface area (Å²) in [6, 6.07) is 10.9. The van der Waals surface area contributed by atoms with Gasteiger partial charge in [0, 0.05) is 17.7 Å². The molecule has 4 rings (SSSR count). The van der Waals surface area contributed by atoms with E-state index < -0.39 is 0 Å². The van der Waals surface area contributed by atoms with Crippen molar-refractivity contribution in [2.75, 3.05) is 11.9 Å². The summed E-state index contributed by atoms with van der Waals surface area (Å²) in [5.74, 6) is 0.725. The van der Waals surface area contributed by atoms with E-state index in [4.69, 9.17) is 4.74 Å². The zero-order valence-electron chi connectivity index (χ0n) is 11.1. The molecule has 0 saturated heterocycles. The van der Waals surface area contributed by atoms with Gasteiger partial charge in [-0.1, -0.05) is 0 Å². The molecule has 0 bridgehead atoms. The van der Waals surface area contributed by atoms with Gasteiger partial charge in [-0.2, -0.15) is 15.4 Å². The summed E-state index contributed by atoms with van der Waals surface area (Å²) < 4.78 is 5.44. The second-order valence-corrected chi connectivity index (χ2v) is 4.90. The molecular formula is C15H12N4O2. The second kappa shape index (κ2) is 4.59. The molecule has 0 spiro atoms. The Balaban J connectivity index is 1.59. The Bertz CT molecular complexity index is 841. The predicted octanol–water partition coefficient (Wildman–Crippen LogP) is 2.15. The molecule has 0 radical (unpaired) electrons. The zero-order chi connectivity index (χ0) is 14.2. The van der Waals surface area contributed by atoms with E-state index in [2.05, 4.69) is 20.7 Å². The highest BCUT2D eigenvalue weighted by Crippen LogP contribution is 2.26. The number of carbonyl (C=O) groups is 1. The smallest absolute Gasteiger partial charge is 0.255 e. The number of hydrogen-bond acceptors (Lipinski definition) is 4. The van der Waals surface area contributed by atoms with Crippen LogP contribution in [0.4, 0.5) is 5.69 Å². The third-order valence-electron chi connectivity index (χ3n) is 3.53. The van der Waals surface area contributed by atoms with Crippen LogP contribution < -0.4 is 10.1 Å². The molecule has 1 amide bonds. The van der Waals surface area contributed by atoms with Crippen molar-refractivity contribution in [1.29, 1.82) is 0 Å². The quantitative estimate of drug-likeness (QED) is 0.753. The highest BCUT2D eigenvalue weighted by Gasteiger charge is 2.15. The molecule has 1 aromatic heterocycles. The molecule has 1 aliphatic rings. The molecule has 2 aromatic carbocycles. The van der Waals surface area contributed by atoms with Gasteiger partial charge in [0.1, 0.15) is 16.8 Å². The topological polar surface area (TPSA) is 79.9 Å². The molecule has 0 unspecified atom stereocenters. The van der Waals surface area contributed by atoms with E-state index in [-0.39, 0.29) is 5.91 Å². The lowest BCUT2D eigenvalue weighted by Crippen LogP contribution is -2.11. The van der Waals surface area contributed by atoms with E-state index in [1.54, 1.807) is 18.2 Å². The van der Waals surface area contributed by atoms with Crippen LogP contribution in [-0.4, -0.2) is 27.9 Å². The van der Waals surface area contributed by atoms with Gasteiger partial charge in [0.05, 0.1) is 6.61 Å². The standard InChI is InChI=1S/C15H12N4O2/c20-15(10-1-4-14-9(7-10)5-6-21-14)16-11-2-3-12-13(8-11)18-19-17-12/h1-4,7-8H,5-6H2,(H,16,20)(H,17,18,19). The van der Waals surface area contributed by atoms with E-state index in [0.29, 0.717) is 17.9 Å². The number of benzene rings is 2. The van der Waals surface area contributed by atoms with Crippen molar-refractivity contribution in [1.82, 2.24) is 15.4 Å². The lowest BCUT2D eigenvalue weighted by atomic mass is 10.1. The first-order chi connectivity index (χ1) is 10.3. The molecule has 0 fully saturated rings. The fraction of sp³-hybridized carbons (Fsp3) is 0.133. The van der Waals surface area contributed by atoms with E-state index in [0.717, 1.165) is 28.8 Å². The molecule has 104 valence electrons. The second-order valence-electron chi connectivity index (χ2n) is 4.90. The third-order valence-corrected chi connectivity index (χ3v) is 3.53. The van der Waals surface area contributed by atoms with Gasteiger partial charge in [-0.3, -0.25) is 4.79 Å². The zero-order valence-corrected chi connectivity index (χ0v) is 11.1. The summed E-state index contributed by atoms with van der Waals surface area (Å²) in [5, 5.41) is 13.4. The lowest BCUT2D eigenvalue weighted by Gasteiger charge is -2.06. The van der Waals surface area contributed by atoms with Crippen LogP contribution in [0.5, 0.6) is 5.75 Å². The number of carbonyl (C=O) groups excluding carboxylic acids is 1. The summed E-state index contributed by atoms with van der Waals surface area (Å²) in [4.78, 5) is 12.3. The summed E-state index contributed by atoms with van der Waals surface area (Å²) in [6.45, 7) is 0.684. The van der Waals surface area contributed by atoms with E-state index >= 15 is 0 Å². The fourth-order valence-electron chi connectivity index (χ4n) is 2.45. The van der Waals surface area contributed by atoms with Gasteiger partial charge in [-0.05, 0) is 42.0 Å². The van der Waals surface area contributed by atoms with Crippen molar-refractivity contribution in [3.63, 3.8) is 0 Å². The van der Waals surface area contributed by atoms with Gasteiger partial charge < -0.3 is 10.1 Å². The largest absolute Gasteiger partial charge is 0.493 e. The number of H-pyrrole nitrogens is 1. The van der Waals surface area contributed by atoms with Crippen molar-refractivity contribution in [3.8, 4) is 5.75 Å². The molecule has 6 heteroatoms. The van der Waals surface area contributed by atoms with Gasteiger partial charge in [0.2, 0.25) is 0 Å². The van der Waals surface area contributed by atoms with E-state index in [1.807, 2.05) is 18.2 Å². The number of aromatic amines is 1. The first-order valence-electron chi connectivity index (χ1n) is 6.67. The van der Waals surface area contributed by atoms with Crippen molar-refractivity contribution in [2.45, 2.75) is 6.42 Å². The fourth-order valence-corrected chi connectivity index (χ4v) is 2.45. The van der Waals surface area contributed by atoms with Gasteiger partial charge in [0.25, 0.3) is 5.91 Å². The number of hydrogen-bond donors (Lipinski definition) is 2. The number of fused-ring (bicyclic) bond motifs is 2. The first-order valence-corrected chi connectivity index (χ1v) is 6.67. The van der Waals surface area contributed by atoms with Gasteiger partial charge in [-0.15, -0.1) is 0 Å². The minimum atomic E-state index is -0.146. The number of anilines is 1. The summed E-state index contributed by atoms with van der Waals surface area (Å²) in [6.07, 6.45) is 0.849. The van der Waals surface area contributed by atoms with Gasteiger partial charge in [-0.25, -0.2) is 0 Å². The minimum Gasteiger partial charge on any atom is -0.493 e. The van der Waals surface area contributed by atoms with Crippen LogP contribution in [0.25, 0.3) is 11.0 Å². The first kappa shape index (κ1) is 11.9. The van der Waals surface area contributed by atoms with Crippen LogP contribution >= 0.6 is 0 Å². The van der Waals surface area contributed by atoms with Crippen LogP contribution in [0.2, 0.25) is 0 Å². The SMILES string of the molecule is O=C(Nc1ccc2n[nH]nc2c1)c1ccc2c(c1)CCO2. The van der Waals surface area contributed by atoms with E-state index in [1.165, 1.54) is 0 Å². The normalized spacial score (nSPS) is 13.0. The highest BCUT2D eigenvalue weighted by molar-refractivity contribution is 6.05. The molecule has 0 saturated carbocycles. The summed E-state index contributed by atoms with van der Waals surface area (Å²) >= 11 is 0. The van der Waals surface area contributed by atoms with Gasteiger partial charge >= 0.3 is 0 Å². The number of amides is 1. The van der Waals surface area contributed by atoms with Crippen LogP contribution in [-0.2, 0) is 6.42 Å². The molecule has 2 heterocycles. The Morgan fingerprint density at radius 1 is 1.14 bits per heavy atom. The number of aromatic nitrogens is 3.